The maximum absolute atomic E-state index is 13.2. The van der Waals surface area contributed by atoms with Crippen molar-refractivity contribution in [3.63, 3.8) is 0 Å². The lowest BCUT2D eigenvalue weighted by atomic mass is 10.1. The smallest absolute Gasteiger partial charge is 0.416 e. The highest BCUT2D eigenvalue weighted by Gasteiger charge is 2.49. The van der Waals surface area contributed by atoms with Gasteiger partial charge in [0.2, 0.25) is 0 Å². The van der Waals surface area contributed by atoms with E-state index in [1.807, 2.05) is 0 Å². The monoisotopic (exact) mass is 430 g/mol. The van der Waals surface area contributed by atoms with Gasteiger partial charge >= 0.3 is 12.1 Å². The Kier molecular flexibility index (Phi) is 4.52. The summed E-state index contributed by atoms with van der Waals surface area (Å²) in [6, 6.07) is 7.98. The molecule has 4 rings (SSSR count). The molecule has 1 N–H and O–H groups in total. The molecule has 0 aliphatic carbocycles. The lowest BCUT2D eigenvalue weighted by molar-refractivity contribution is -0.138. The van der Waals surface area contributed by atoms with Crippen molar-refractivity contribution in [2.24, 2.45) is 0 Å². The van der Waals surface area contributed by atoms with Crippen LogP contribution >= 0.6 is 23.2 Å². The predicted octanol–water partition coefficient (Wildman–Crippen LogP) is 4.93. The summed E-state index contributed by atoms with van der Waals surface area (Å²) in [6.07, 6.45) is -6.40. The van der Waals surface area contributed by atoms with Crippen LogP contribution in [0.25, 0.3) is 10.9 Å². The molecule has 0 bridgehead atoms. The minimum absolute atomic E-state index is 0.0816. The summed E-state index contributed by atoms with van der Waals surface area (Å²) >= 11 is 12.1. The van der Waals surface area contributed by atoms with Gasteiger partial charge in [-0.1, -0.05) is 35.3 Å². The molecule has 2 aromatic carbocycles. The number of ether oxygens (including phenoxy) is 1. The Bertz CT molecular complexity index is 1100. The van der Waals surface area contributed by atoms with Crippen LogP contribution < -0.4 is 0 Å². The van der Waals surface area contributed by atoms with Crippen molar-refractivity contribution in [3.8, 4) is 0 Å². The van der Waals surface area contributed by atoms with Crippen molar-refractivity contribution in [2.75, 3.05) is 0 Å². The van der Waals surface area contributed by atoms with E-state index in [-0.39, 0.29) is 17.8 Å². The van der Waals surface area contributed by atoms with Crippen LogP contribution in [-0.2, 0) is 22.3 Å². The standard InChI is InChI=1S/C18H11Cl2F3N2O3/c19-10-3-1-8(12(20)6-10)7-25-13-5-9(18(21,22)23)2-4-11(13)14(24-25)15-16(28-15)17(26)27/h1-6,15-16H,7H2,(H,26,27). The van der Waals surface area contributed by atoms with E-state index in [1.54, 1.807) is 12.1 Å². The zero-order valence-corrected chi connectivity index (χ0v) is 15.4. The quantitative estimate of drug-likeness (QED) is 0.595. The molecule has 5 nitrogen and oxygen atoms in total. The number of alkyl halides is 3. The highest BCUT2D eigenvalue weighted by atomic mass is 35.5. The van der Waals surface area contributed by atoms with Crippen molar-refractivity contribution in [1.82, 2.24) is 9.78 Å². The van der Waals surface area contributed by atoms with E-state index in [1.165, 1.54) is 16.8 Å². The fourth-order valence-corrected chi connectivity index (χ4v) is 3.49. The summed E-state index contributed by atoms with van der Waals surface area (Å²) in [6.45, 7) is 0.0816. The van der Waals surface area contributed by atoms with E-state index in [0.717, 1.165) is 12.1 Å². The number of benzene rings is 2. The number of aliphatic carboxylic acids is 1. The molecule has 1 aliphatic rings. The van der Waals surface area contributed by atoms with Crippen LogP contribution in [0, 0.1) is 0 Å². The third-order valence-electron chi connectivity index (χ3n) is 4.45. The number of carboxylic acids is 1. The van der Waals surface area contributed by atoms with Crippen LogP contribution in [-0.4, -0.2) is 27.0 Å². The molecule has 0 spiro atoms. The van der Waals surface area contributed by atoms with Gasteiger partial charge in [0.15, 0.2) is 6.10 Å². The second-order valence-electron chi connectivity index (χ2n) is 6.32. The fraction of sp³-hybridized carbons (Fsp3) is 0.222. The van der Waals surface area contributed by atoms with Gasteiger partial charge in [-0.25, -0.2) is 4.79 Å². The molecule has 0 radical (unpaired) electrons. The second-order valence-corrected chi connectivity index (χ2v) is 7.17. The number of epoxide rings is 1. The van der Waals surface area contributed by atoms with E-state index in [9.17, 15) is 18.0 Å². The SMILES string of the molecule is O=C(O)C1OC1c1nn(Cc2ccc(Cl)cc2Cl)c2cc(C(F)(F)F)ccc12. The zero-order valence-electron chi connectivity index (χ0n) is 13.9. The average molecular weight is 431 g/mol. The minimum atomic E-state index is -4.53. The Hall–Kier alpha value is -2.29. The number of carboxylic acid groups (broad SMARTS) is 1. The molecular weight excluding hydrogens is 420 g/mol. The van der Waals surface area contributed by atoms with Crippen LogP contribution in [0.4, 0.5) is 13.2 Å². The summed E-state index contributed by atoms with van der Waals surface area (Å²) in [5.41, 5.74) is 0.254. The molecule has 146 valence electrons. The van der Waals surface area contributed by atoms with E-state index in [0.29, 0.717) is 21.0 Å². The fourth-order valence-electron chi connectivity index (χ4n) is 3.03. The van der Waals surface area contributed by atoms with E-state index in [4.69, 9.17) is 33.0 Å². The summed E-state index contributed by atoms with van der Waals surface area (Å²) in [5.74, 6) is -1.15. The number of halogens is 5. The lowest BCUT2D eigenvalue weighted by Gasteiger charge is -2.09. The number of fused-ring (bicyclic) bond motifs is 1. The molecule has 2 heterocycles. The molecule has 0 amide bonds. The molecule has 2 atom stereocenters. The second kappa shape index (κ2) is 6.65. The number of carbonyl (C=O) groups is 1. The molecule has 1 saturated heterocycles. The molecule has 1 fully saturated rings. The molecule has 1 aliphatic heterocycles. The topological polar surface area (TPSA) is 67.7 Å². The number of hydrogen-bond donors (Lipinski definition) is 1. The van der Waals surface area contributed by atoms with Crippen LogP contribution in [0.1, 0.15) is 22.9 Å². The summed E-state index contributed by atoms with van der Waals surface area (Å²) in [7, 11) is 0. The van der Waals surface area contributed by atoms with Crippen LogP contribution in [0.5, 0.6) is 0 Å². The highest BCUT2D eigenvalue weighted by molar-refractivity contribution is 6.35. The van der Waals surface area contributed by atoms with Crippen LogP contribution in [0.3, 0.4) is 0 Å². The van der Waals surface area contributed by atoms with Gasteiger partial charge in [0.05, 0.1) is 17.6 Å². The van der Waals surface area contributed by atoms with Crippen LogP contribution in [0.2, 0.25) is 10.0 Å². The molecule has 28 heavy (non-hydrogen) atoms. The van der Waals surface area contributed by atoms with Crippen molar-refractivity contribution in [1.29, 1.82) is 0 Å². The maximum atomic E-state index is 13.2. The molecule has 3 aromatic rings. The van der Waals surface area contributed by atoms with Gasteiger partial charge in [0, 0.05) is 15.4 Å². The first kappa shape index (κ1) is 19.0. The number of hydrogen-bond acceptors (Lipinski definition) is 3. The van der Waals surface area contributed by atoms with Gasteiger partial charge in [0.25, 0.3) is 0 Å². The van der Waals surface area contributed by atoms with Crippen molar-refractivity contribution in [2.45, 2.75) is 24.9 Å². The lowest BCUT2D eigenvalue weighted by Crippen LogP contribution is -2.07. The minimum Gasteiger partial charge on any atom is -0.479 e. The first-order chi connectivity index (χ1) is 13.1. The number of aromatic nitrogens is 2. The molecule has 0 saturated carbocycles. The molecule has 1 aromatic heterocycles. The van der Waals surface area contributed by atoms with Crippen LogP contribution in [0.15, 0.2) is 36.4 Å². The molecule has 10 heteroatoms. The zero-order chi connectivity index (χ0) is 20.2. The maximum Gasteiger partial charge on any atom is 0.416 e. The van der Waals surface area contributed by atoms with E-state index in [2.05, 4.69) is 5.10 Å². The Morgan fingerprint density at radius 3 is 2.57 bits per heavy atom. The summed E-state index contributed by atoms with van der Waals surface area (Å²) < 4.78 is 46.0. The van der Waals surface area contributed by atoms with Gasteiger partial charge in [0.1, 0.15) is 11.8 Å². The van der Waals surface area contributed by atoms with Crippen molar-refractivity contribution in [3.05, 3.63) is 63.3 Å². The molecule has 2 unspecified atom stereocenters. The van der Waals surface area contributed by atoms with Gasteiger partial charge in [-0.3, -0.25) is 4.68 Å². The van der Waals surface area contributed by atoms with Gasteiger partial charge in [-0.15, -0.1) is 0 Å². The number of nitrogens with zero attached hydrogens (tertiary/aromatic N) is 2. The number of rotatable bonds is 4. The Morgan fingerprint density at radius 2 is 1.96 bits per heavy atom. The average Bonchev–Trinajstić information content (AvgIpc) is 3.33. The van der Waals surface area contributed by atoms with Gasteiger partial charge in [-0.2, -0.15) is 18.3 Å². The first-order valence-electron chi connectivity index (χ1n) is 8.05. The van der Waals surface area contributed by atoms with E-state index < -0.39 is 29.9 Å². The Labute approximate surface area is 166 Å². The van der Waals surface area contributed by atoms with E-state index >= 15 is 0 Å². The summed E-state index contributed by atoms with van der Waals surface area (Å²) in [5, 5.41) is 14.6. The first-order valence-corrected chi connectivity index (χ1v) is 8.80. The third-order valence-corrected chi connectivity index (χ3v) is 5.03. The normalized spacial score (nSPS) is 19.2. The largest absolute Gasteiger partial charge is 0.479 e. The molecular formula is C18H11Cl2F3N2O3. The predicted molar refractivity (Wildman–Crippen MR) is 95.5 cm³/mol. The van der Waals surface area contributed by atoms with Gasteiger partial charge in [-0.05, 0) is 29.8 Å². The third kappa shape index (κ3) is 3.43. The Morgan fingerprint density at radius 1 is 1.21 bits per heavy atom. The summed E-state index contributed by atoms with van der Waals surface area (Å²) in [4.78, 5) is 11.1. The van der Waals surface area contributed by atoms with Crippen molar-refractivity contribution < 1.29 is 27.8 Å². The van der Waals surface area contributed by atoms with Gasteiger partial charge < -0.3 is 9.84 Å². The Balaban J connectivity index is 1.82. The van der Waals surface area contributed by atoms with Crippen molar-refractivity contribution >= 4 is 40.1 Å². The highest BCUT2D eigenvalue weighted by Crippen LogP contribution is 2.42.